The van der Waals surface area contributed by atoms with Gasteiger partial charge in [-0.2, -0.15) is 12.6 Å². The fourth-order valence-electron chi connectivity index (χ4n) is 0.581. The van der Waals surface area contributed by atoms with Crippen LogP contribution in [0.25, 0.3) is 0 Å². The Morgan fingerprint density at radius 2 is 2.50 bits per heavy atom. The van der Waals surface area contributed by atoms with Gasteiger partial charge in [0.1, 0.15) is 6.10 Å². The molecule has 0 N–H and O–H groups in total. The van der Waals surface area contributed by atoms with Crippen LogP contribution in [0, 0.1) is 0 Å². The third kappa shape index (κ3) is 4.44. The molecule has 0 aromatic rings. The van der Waals surface area contributed by atoms with Gasteiger partial charge in [-0.05, 0) is 0 Å². The van der Waals surface area contributed by atoms with Gasteiger partial charge in [0.2, 0.25) is 0 Å². The minimum atomic E-state index is -0.263. The van der Waals surface area contributed by atoms with Crippen molar-refractivity contribution in [2.45, 2.75) is 19.4 Å². The lowest BCUT2D eigenvalue weighted by Gasteiger charge is -2.11. The average molecular weight is 160 g/mol. The van der Waals surface area contributed by atoms with E-state index in [4.69, 9.17) is 4.74 Å². The number of hydrogen-bond acceptors (Lipinski definition) is 3. The molecule has 0 heterocycles. The van der Waals surface area contributed by atoms with Gasteiger partial charge in [-0.3, -0.25) is 4.79 Å². The van der Waals surface area contributed by atoms with E-state index in [1.807, 2.05) is 0 Å². The molecule has 0 rings (SSSR count). The summed E-state index contributed by atoms with van der Waals surface area (Å²) in [4.78, 5) is 10.4. The predicted molar refractivity (Wildman–Crippen MR) is 44.2 cm³/mol. The molecule has 0 amide bonds. The molecule has 0 aliphatic heterocycles. The minimum absolute atomic E-state index is 0.113. The number of ether oxygens (including phenoxy) is 1. The van der Waals surface area contributed by atoms with Gasteiger partial charge in [-0.25, -0.2) is 0 Å². The summed E-state index contributed by atoms with van der Waals surface area (Å²) >= 11 is 4.00. The molecule has 1 unspecified atom stereocenters. The van der Waals surface area contributed by atoms with Crippen molar-refractivity contribution < 1.29 is 9.53 Å². The first-order valence-electron chi connectivity index (χ1n) is 3.09. The fraction of sp³-hybridized carbons (Fsp3) is 0.571. The van der Waals surface area contributed by atoms with Crippen molar-refractivity contribution in [3.63, 3.8) is 0 Å². The number of carbonyl (C=O) groups is 1. The lowest BCUT2D eigenvalue weighted by molar-refractivity contribution is -0.145. The van der Waals surface area contributed by atoms with Crippen molar-refractivity contribution >= 4 is 18.6 Å². The fourth-order valence-corrected chi connectivity index (χ4v) is 0.804. The lowest BCUT2D eigenvalue weighted by Crippen LogP contribution is -2.16. The molecule has 0 saturated carbocycles. The molecule has 0 aliphatic carbocycles. The van der Waals surface area contributed by atoms with E-state index in [1.54, 1.807) is 6.08 Å². The van der Waals surface area contributed by atoms with Crippen molar-refractivity contribution in [2.24, 2.45) is 0 Å². The van der Waals surface area contributed by atoms with Gasteiger partial charge in [-0.15, -0.1) is 6.58 Å². The zero-order valence-electron chi connectivity index (χ0n) is 6.04. The summed E-state index contributed by atoms with van der Waals surface area (Å²) in [6.07, 6.45) is 2.27. The molecule has 0 aromatic carbocycles. The van der Waals surface area contributed by atoms with Crippen LogP contribution in [0.5, 0.6) is 0 Å². The van der Waals surface area contributed by atoms with Gasteiger partial charge in [0, 0.05) is 19.1 Å². The van der Waals surface area contributed by atoms with Gasteiger partial charge in [0.05, 0.1) is 0 Å². The van der Waals surface area contributed by atoms with E-state index in [9.17, 15) is 4.79 Å². The van der Waals surface area contributed by atoms with E-state index >= 15 is 0 Å². The van der Waals surface area contributed by atoms with Crippen LogP contribution in [0.15, 0.2) is 12.7 Å². The second-order valence-corrected chi connectivity index (χ2v) is 2.30. The highest BCUT2D eigenvalue weighted by Gasteiger charge is 2.06. The number of rotatable bonds is 4. The maximum Gasteiger partial charge on any atom is 0.302 e. The Bertz CT molecular complexity index is 123. The number of hydrogen-bond donors (Lipinski definition) is 1. The maximum absolute atomic E-state index is 10.4. The molecule has 10 heavy (non-hydrogen) atoms. The average Bonchev–Trinajstić information content (AvgIpc) is 1.86. The molecule has 2 nitrogen and oxygen atoms in total. The molecule has 3 heteroatoms. The first-order chi connectivity index (χ1) is 4.70. The van der Waals surface area contributed by atoms with E-state index in [0.717, 1.165) is 0 Å². The predicted octanol–water partition coefficient (Wildman–Crippen LogP) is 1.42. The zero-order chi connectivity index (χ0) is 7.98. The molecule has 58 valence electrons. The van der Waals surface area contributed by atoms with Crippen LogP contribution in [0.3, 0.4) is 0 Å². The summed E-state index contributed by atoms with van der Waals surface area (Å²) in [6.45, 7) is 4.92. The van der Waals surface area contributed by atoms with Crippen LogP contribution in [0.1, 0.15) is 13.3 Å². The van der Waals surface area contributed by atoms with Gasteiger partial charge in [0.25, 0.3) is 0 Å². The summed E-state index contributed by atoms with van der Waals surface area (Å²) in [5, 5.41) is 0. The maximum atomic E-state index is 10.4. The van der Waals surface area contributed by atoms with Gasteiger partial charge < -0.3 is 4.74 Å². The van der Waals surface area contributed by atoms with Gasteiger partial charge >= 0.3 is 5.97 Å². The minimum Gasteiger partial charge on any atom is -0.461 e. The molecule has 0 aromatic heterocycles. The third-order valence-corrected chi connectivity index (χ3v) is 1.37. The van der Waals surface area contributed by atoms with Crippen molar-refractivity contribution in [1.29, 1.82) is 0 Å². The first-order valence-corrected chi connectivity index (χ1v) is 3.73. The first kappa shape index (κ1) is 9.56. The summed E-state index contributed by atoms with van der Waals surface area (Å²) in [7, 11) is 0. The number of thiol groups is 1. The largest absolute Gasteiger partial charge is 0.461 e. The Kier molecular flexibility index (Phi) is 5.12. The second-order valence-electron chi connectivity index (χ2n) is 1.94. The van der Waals surface area contributed by atoms with Crippen LogP contribution >= 0.6 is 12.6 Å². The standard InChI is InChI=1S/C7H12O2S/c1-3-4-7(5-10)9-6(2)8/h3,7,10H,1,4-5H2,2H3. The Hall–Kier alpha value is -0.440. The summed E-state index contributed by atoms with van der Waals surface area (Å²) in [5.41, 5.74) is 0. The highest BCUT2D eigenvalue weighted by Crippen LogP contribution is 2.01. The van der Waals surface area contributed by atoms with Crippen LogP contribution in [-0.4, -0.2) is 17.8 Å². The highest BCUT2D eigenvalue weighted by atomic mass is 32.1. The molecule has 0 bridgehead atoms. The molecule has 1 atom stereocenters. The normalized spacial score (nSPS) is 12.2. The molecule has 0 spiro atoms. The summed E-state index contributed by atoms with van der Waals surface area (Å²) in [6, 6.07) is 0. The van der Waals surface area contributed by atoms with Crippen molar-refractivity contribution in [2.75, 3.05) is 5.75 Å². The quantitative estimate of drug-likeness (QED) is 0.382. The van der Waals surface area contributed by atoms with Crippen LogP contribution < -0.4 is 0 Å². The van der Waals surface area contributed by atoms with Crippen LogP contribution in [-0.2, 0) is 9.53 Å². The van der Waals surface area contributed by atoms with E-state index in [2.05, 4.69) is 19.2 Å². The number of esters is 1. The van der Waals surface area contributed by atoms with Crippen molar-refractivity contribution in [3.05, 3.63) is 12.7 Å². The van der Waals surface area contributed by atoms with Gasteiger partial charge in [-0.1, -0.05) is 6.08 Å². The van der Waals surface area contributed by atoms with Crippen LogP contribution in [0.4, 0.5) is 0 Å². The molecular weight excluding hydrogens is 148 g/mol. The second kappa shape index (κ2) is 5.35. The topological polar surface area (TPSA) is 26.3 Å². The molecule has 0 radical (unpaired) electrons. The molecule has 0 fully saturated rings. The Morgan fingerprint density at radius 1 is 1.90 bits per heavy atom. The Labute approximate surface area is 66.7 Å². The number of carbonyl (C=O) groups excluding carboxylic acids is 1. The van der Waals surface area contributed by atoms with Crippen LogP contribution in [0.2, 0.25) is 0 Å². The smallest absolute Gasteiger partial charge is 0.302 e. The highest BCUT2D eigenvalue weighted by molar-refractivity contribution is 7.80. The third-order valence-electron chi connectivity index (χ3n) is 0.966. The van der Waals surface area contributed by atoms with Gasteiger partial charge in [0.15, 0.2) is 0 Å². The van der Waals surface area contributed by atoms with Crippen molar-refractivity contribution in [3.8, 4) is 0 Å². The molecular formula is C7H12O2S. The zero-order valence-corrected chi connectivity index (χ0v) is 6.93. The van der Waals surface area contributed by atoms with E-state index in [-0.39, 0.29) is 12.1 Å². The Balaban J connectivity index is 3.59. The molecule has 0 aliphatic rings. The monoisotopic (exact) mass is 160 g/mol. The van der Waals surface area contributed by atoms with E-state index in [0.29, 0.717) is 12.2 Å². The molecule has 0 saturated heterocycles. The van der Waals surface area contributed by atoms with E-state index in [1.165, 1.54) is 6.92 Å². The van der Waals surface area contributed by atoms with Crippen molar-refractivity contribution in [1.82, 2.24) is 0 Å². The SMILES string of the molecule is C=CCC(CS)OC(C)=O. The summed E-state index contributed by atoms with van der Waals surface area (Å²) in [5.74, 6) is 0.284. The van der Waals surface area contributed by atoms with E-state index < -0.39 is 0 Å². The summed E-state index contributed by atoms with van der Waals surface area (Å²) < 4.78 is 4.85. The Morgan fingerprint density at radius 3 is 2.80 bits per heavy atom. The lowest BCUT2D eigenvalue weighted by atomic mass is 10.3.